The molecular weight excluding hydrogens is 290 g/mol. The molecule has 0 atom stereocenters. The van der Waals surface area contributed by atoms with Crippen LogP contribution in [-0.4, -0.2) is 25.3 Å². The zero-order chi connectivity index (χ0) is 14.2. The Morgan fingerprint density at radius 3 is 2.52 bits per heavy atom. The van der Waals surface area contributed by atoms with Gasteiger partial charge in [0.25, 0.3) is 0 Å². The van der Waals surface area contributed by atoms with Crippen molar-refractivity contribution in [3.8, 4) is 11.6 Å². The van der Waals surface area contributed by atoms with Crippen LogP contribution in [0.5, 0.6) is 11.6 Å². The number of ether oxygens (including phenoxy) is 1. The molecule has 21 heavy (non-hydrogen) atoms. The first-order chi connectivity index (χ1) is 10.3. The summed E-state index contributed by atoms with van der Waals surface area (Å²) in [7, 11) is 0. The van der Waals surface area contributed by atoms with E-state index in [1.54, 1.807) is 24.3 Å². The number of rotatable bonds is 2. The van der Waals surface area contributed by atoms with Gasteiger partial charge in [0.15, 0.2) is 0 Å². The predicted octanol–water partition coefficient (Wildman–Crippen LogP) is 3.12. The molecule has 2 aromatic heterocycles. The molecule has 2 aromatic carbocycles. The predicted molar refractivity (Wildman–Crippen MR) is 77.6 cm³/mol. The second-order valence-corrected chi connectivity index (χ2v) is 4.84. The van der Waals surface area contributed by atoms with Crippen molar-refractivity contribution in [3.05, 3.63) is 53.6 Å². The number of benzene rings is 2. The minimum absolute atomic E-state index is 0.438. The number of aromatic nitrogens is 5. The first kappa shape index (κ1) is 12.0. The van der Waals surface area contributed by atoms with E-state index in [4.69, 9.17) is 16.3 Å². The van der Waals surface area contributed by atoms with E-state index >= 15 is 0 Å². The molecule has 0 aliphatic carbocycles. The molecule has 0 fully saturated rings. The number of tetrazole rings is 1. The molecule has 0 unspecified atom stereocenters. The van der Waals surface area contributed by atoms with E-state index in [9.17, 15) is 0 Å². The van der Waals surface area contributed by atoms with Crippen LogP contribution in [0, 0.1) is 0 Å². The topological polar surface area (TPSA) is 65.2 Å². The monoisotopic (exact) mass is 297 g/mol. The fraction of sp³-hybridized carbons (Fsp3) is 0. The average molecular weight is 298 g/mol. The van der Waals surface area contributed by atoms with Crippen molar-refractivity contribution in [3.63, 3.8) is 0 Å². The molecule has 6 nitrogen and oxygen atoms in total. The summed E-state index contributed by atoms with van der Waals surface area (Å²) in [6, 6.07) is 14.8. The van der Waals surface area contributed by atoms with Crippen molar-refractivity contribution < 1.29 is 4.74 Å². The van der Waals surface area contributed by atoms with E-state index in [-0.39, 0.29) is 0 Å². The van der Waals surface area contributed by atoms with Gasteiger partial charge in [0.05, 0.1) is 0 Å². The highest BCUT2D eigenvalue weighted by Crippen LogP contribution is 2.29. The quantitative estimate of drug-likeness (QED) is 0.569. The van der Waals surface area contributed by atoms with E-state index in [0.717, 1.165) is 10.8 Å². The van der Waals surface area contributed by atoms with Gasteiger partial charge in [0.2, 0.25) is 11.5 Å². The van der Waals surface area contributed by atoms with Crippen molar-refractivity contribution in [2.45, 2.75) is 0 Å². The fourth-order valence-corrected chi connectivity index (χ4v) is 2.23. The van der Waals surface area contributed by atoms with E-state index in [1.165, 1.54) is 4.63 Å². The molecule has 102 valence electrons. The standard InChI is InChI=1S/C14H8ClN5O/c15-9-5-7-10(8-6-9)21-14-12-4-2-1-3-11(12)13-16-18-19-20(13)17-14/h1-8H. The van der Waals surface area contributed by atoms with E-state index in [1.807, 2.05) is 24.3 Å². The van der Waals surface area contributed by atoms with Gasteiger partial charge in [0, 0.05) is 15.8 Å². The summed E-state index contributed by atoms with van der Waals surface area (Å²) in [6.07, 6.45) is 0. The summed E-state index contributed by atoms with van der Waals surface area (Å²) in [5, 5.41) is 18.1. The number of halogens is 1. The first-order valence-corrected chi connectivity index (χ1v) is 6.59. The Bertz CT molecular complexity index is 935. The largest absolute Gasteiger partial charge is 0.437 e. The van der Waals surface area contributed by atoms with E-state index in [2.05, 4.69) is 20.6 Å². The summed E-state index contributed by atoms with van der Waals surface area (Å²) in [6.45, 7) is 0. The zero-order valence-corrected chi connectivity index (χ0v) is 11.4. The van der Waals surface area contributed by atoms with Crippen LogP contribution in [0.2, 0.25) is 5.02 Å². The Morgan fingerprint density at radius 1 is 0.952 bits per heavy atom. The first-order valence-electron chi connectivity index (χ1n) is 6.22. The fourth-order valence-electron chi connectivity index (χ4n) is 2.11. The second-order valence-electron chi connectivity index (χ2n) is 4.40. The number of nitrogens with zero attached hydrogens (tertiary/aromatic N) is 5. The molecule has 7 heteroatoms. The lowest BCUT2D eigenvalue weighted by molar-refractivity contribution is 0.454. The molecule has 0 saturated heterocycles. The van der Waals surface area contributed by atoms with Gasteiger partial charge in [-0.1, -0.05) is 29.8 Å². The van der Waals surface area contributed by atoms with Crippen molar-refractivity contribution in [1.82, 2.24) is 25.3 Å². The Hall–Kier alpha value is -2.73. The van der Waals surface area contributed by atoms with Gasteiger partial charge in [-0.05, 0) is 40.8 Å². The van der Waals surface area contributed by atoms with Gasteiger partial charge >= 0.3 is 0 Å². The highest BCUT2D eigenvalue weighted by Gasteiger charge is 2.12. The highest BCUT2D eigenvalue weighted by molar-refractivity contribution is 6.30. The Labute approximate surface area is 123 Å². The summed E-state index contributed by atoms with van der Waals surface area (Å²) in [4.78, 5) is 0. The van der Waals surface area contributed by atoms with Crippen LogP contribution < -0.4 is 4.74 Å². The number of fused-ring (bicyclic) bond motifs is 3. The Balaban J connectivity index is 1.91. The van der Waals surface area contributed by atoms with Crippen LogP contribution in [0.4, 0.5) is 0 Å². The maximum Gasteiger partial charge on any atom is 0.247 e. The van der Waals surface area contributed by atoms with Gasteiger partial charge in [-0.25, -0.2) is 0 Å². The van der Waals surface area contributed by atoms with Crippen LogP contribution in [-0.2, 0) is 0 Å². The van der Waals surface area contributed by atoms with Gasteiger partial charge < -0.3 is 4.74 Å². The van der Waals surface area contributed by atoms with Crippen molar-refractivity contribution in [1.29, 1.82) is 0 Å². The minimum atomic E-state index is 0.438. The highest BCUT2D eigenvalue weighted by atomic mass is 35.5. The van der Waals surface area contributed by atoms with Gasteiger partial charge in [-0.2, -0.15) is 0 Å². The lowest BCUT2D eigenvalue weighted by Crippen LogP contribution is -1.99. The maximum absolute atomic E-state index is 5.87. The van der Waals surface area contributed by atoms with Crippen LogP contribution in [0.15, 0.2) is 48.5 Å². The van der Waals surface area contributed by atoms with Crippen LogP contribution in [0.1, 0.15) is 0 Å². The molecule has 0 spiro atoms. The third kappa shape index (κ3) is 2.05. The van der Waals surface area contributed by atoms with Crippen LogP contribution in [0.25, 0.3) is 16.4 Å². The molecule has 2 heterocycles. The molecule has 0 amide bonds. The molecule has 0 bridgehead atoms. The Kier molecular flexibility index (Phi) is 2.68. The molecule has 0 aliphatic heterocycles. The lowest BCUT2D eigenvalue weighted by atomic mass is 10.2. The maximum atomic E-state index is 5.87. The van der Waals surface area contributed by atoms with Crippen molar-refractivity contribution in [2.75, 3.05) is 0 Å². The smallest absolute Gasteiger partial charge is 0.247 e. The summed E-state index contributed by atoms with van der Waals surface area (Å²) < 4.78 is 7.19. The van der Waals surface area contributed by atoms with Gasteiger partial charge in [-0.15, -0.1) is 14.8 Å². The minimum Gasteiger partial charge on any atom is -0.437 e. The third-order valence-electron chi connectivity index (χ3n) is 3.07. The molecule has 0 N–H and O–H groups in total. The number of hydrogen-bond donors (Lipinski definition) is 0. The average Bonchev–Trinajstić information content (AvgIpc) is 2.98. The molecule has 0 radical (unpaired) electrons. The van der Waals surface area contributed by atoms with Crippen LogP contribution in [0.3, 0.4) is 0 Å². The van der Waals surface area contributed by atoms with E-state index < -0.39 is 0 Å². The second kappa shape index (κ2) is 4.68. The lowest BCUT2D eigenvalue weighted by Gasteiger charge is -2.08. The van der Waals surface area contributed by atoms with Gasteiger partial charge in [0.1, 0.15) is 5.75 Å². The zero-order valence-electron chi connectivity index (χ0n) is 10.6. The summed E-state index contributed by atoms with van der Waals surface area (Å²) in [5.41, 5.74) is 0.592. The molecule has 4 rings (SSSR count). The SMILES string of the molecule is Clc1ccc(Oc2nn3nnnc3c3ccccc23)cc1. The molecule has 4 aromatic rings. The Morgan fingerprint density at radius 2 is 1.71 bits per heavy atom. The van der Waals surface area contributed by atoms with E-state index in [0.29, 0.717) is 22.3 Å². The number of hydrogen-bond acceptors (Lipinski definition) is 5. The molecule has 0 aliphatic rings. The van der Waals surface area contributed by atoms with Gasteiger partial charge in [-0.3, -0.25) is 0 Å². The molecule has 0 saturated carbocycles. The normalized spacial score (nSPS) is 11.1. The van der Waals surface area contributed by atoms with Crippen molar-refractivity contribution >= 4 is 28.0 Å². The van der Waals surface area contributed by atoms with Crippen molar-refractivity contribution in [2.24, 2.45) is 0 Å². The summed E-state index contributed by atoms with van der Waals surface area (Å²) >= 11 is 5.87. The van der Waals surface area contributed by atoms with Crippen LogP contribution >= 0.6 is 11.6 Å². The molecular formula is C14H8ClN5O. The summed E-state index contributed by atoms with van der Waals surface area (Å²) in [5.74, 6) is 1.08. The third-order valence-corrected chi connectivity index (χ3v) is 3.32.